The molecule has 2 aromatic rings. The predicted octanol–water partition coefficient (Wildman–Crippen LogP) is 4.25. The second-order valence-corrected chi connectivity index (χ2v) is 18.1. The van der Waals surface area contributed by atoms with Crippen LogP contribution in [0.15, 0.2) is 17.8 Å². The van der Waals surface area contributed by atoms with Crippen molar-refractivity contribution in [3.63, 3.8) is 0 Å². The zero-order chi connectivity index (χ0) is 42.7. The fourth-order valence-corrected chi connectivity index (χ4v) is 9.66. The van der Waals surface area contributed by atoms with Crippen molar-refractivity contribution >= 4 is 29.2 Å². The zero-order valence-electron chi connectivity index (χ0n) is 35.8. The number of carbonyl (C=O) groups is 3. The van der Waals surface area contributed by atoms with Crippen LogP contribution in [0.1, 0.15) is 87.5 Å². The number of aliphatic hydroxyl groups is 1. The second kappa shape index (κ2) is 18.6. The first kappa shape index (κ1) is 45.9. The van der Waals surface area contributed by atoms with Crippen LogP contribution >= 0.6 is 11.3 Å². The maximum atomic E-state index is 16.9. The number of carbonyl (C=O) groups excluding carboxylic acids is 3. The number of thiazole rings is 1. The molecule has 3 saturated heterocycles. The van der Waals surface area contributed by atoms with Gasteiger partial charge in [-0.3, -0.25) is 14.4 Å². The van der Waals surface area contributed by atoms with Crippen LogP contribution in [0.4, 0.5) is 9.18 Å². The fraction of sp³-hybridized carbons (Fsp3) is 0.800. The van der Waals surface area contributed by atoms with Crippen LogP contribution in [0, 0.1) is 11.8 Å². The highest BCUT2D eigenvalue weighted by atomic mass is 32.1. The van der Waals surface area contributed by atoms with Gasteiger partial charge in [-0.1, -0.05) is 26.0 Å². The van der Waals surface area contributed by atoms with Crippen LogP contribution in [-0.2, 0) is 39.8 Å². The van der Waals surface area contributed by atoms with Crippen molar-refractivity contribution in [2.75, 3.05) is 34.3 Å². The van der Waals surface area contributed by atoms with Crippen LogP contribution in [-0.4, -0.2) is 153 Å². The summed E-state index contributed by atoms with van der Waals surface area (Å²) >= 11 is 1.48. The maximum Gasteiger partial charge on any atom is 0.410 e. The summed E-state index contributed by atoms with van der Waals surface area (Å²) < 4.78 is 49.5. The quantitative estimate of drug-likeness (QED) is 0.186. The van der Waals surface area contributed by atoms with Gasteiger partial charge in [0.15, 0.2) is 17.7 Å². The molecule has 3 unspecified atom stereocenters. The van der Waals surface area contributed by atoms with E-state index in [1.807, 2.05) is 51.3 Å². The number of nitrogens with one attached hydrogen (secondary N) is 1. The summed E-state index contributed by atoms with van der Waals surface area (Å²) in [5, 5.41) is 26.1. The van der Waals surface area contributed by atoms with Crippen molar-refractivity contribution in [2.45, 2.75) is 160 Å². The molecule has 0 spiro atoms. The smallest absolute Gasteiger partial charge is 0.410 e. The molecule has 0 aromatic carbocycles. The number of Topliss-reactive ketones (excluding diaryl/α,β-unsaturated/α-hetero) is 1. The van der Waals surface area contributed by atoms with E-state index < -0.39 is 71.3 Å². The van der Waals surface area contributed by atoms with Crippen LogP contribution < -0.4 is 5.32 Å². The lowest BCUT2D eigenvalue weighted by Crippen LogP contribution is -2.61. The molecule has 3 aliphatic rings. The molecule has 58 heavy (non-hydrogen) atoms. The molecule has 13 atom stereocenters. The lowest BCUT2D eigenvalue weighted by atomic mass is 9.78. The Labute approximate surface area is 345 Å². The molecule has 2 aromatic heterocycles. The number of likely N-dealkylation sites (N-methyl/N-ethyl adjacent to an activating group) is 1. The van der Waals surface area contributed by atoms with Gasteiger partial charge in [0.1, 0.15) is 22.9 Å². The molecule has 0 radical (unpaired) electrons. The molecule has 1 amide bonds. The van der Waals surface area contributed by atoms with E-state index in [2.05, 4.69) is 20.6 Å². The minimum absolute atomic E-state index is 0.108. The lowest BCUT2D eigenvalue weighted by Gasteiger charge is -2.47. The maximum absolute atomic E-state index is 16.9. The van der Waals surface area contributed by atoms with E-state index in [1.54, 1.807) is 36.5 Å². The van der Waals surface area contributed by atoms with Crippen molar-refractivity contribution in [3.8, 4) is 10.7 Å². The van der Waals surface area contributed by atoms with E-state index in [-0.39, 0.29) is 30.5 Å². The summed E-state index contributed by atoms with van der Waals surface area (Å²) in [5.74, 6) is -3.84. The highest BCUT2D eigenvalue weighted by molar-refractivity contribution is 7.13. The summed E-state index contributed by atoms with van der Waals surface area (Å²) in [5.41, 5.74) is -5.06. The van der Waals surface area contributed by atoms with Crippen molar-refractivity contribution in [1.29, 1.82) is 0 Å². The number of nitrogens with zero attached hydrogens (tertiary/aromatic N) is 6. The Morgan fingerprint density at radius 3 is 2.47 bits per heavy atom. The molecule has 0 saturated carbocycles. The predicted molar refractivity (Wildman–Crippen MR) is 214 cm³/mol. The topological polar surface area (TPSA) is 180 Å². The van der Waals surface area contributed by atoms with E-state index in [0.29, 0.717) is 51.0 Å². The molecule has 3 aliphatic heterocycles. The number of ether oxygens (including phenoxy) is 5. The third-order valence-corrected chi connectivity index (χ3v) is 13.1. The number of hydrogen-bond donors (Lipinski definition) is 2. The summed E-state index contributed by atoms with van der Waals surface area (Å²) in [6, 6.07) is -1.33. The fourth-order valence-electron chi connectivity index (χ4n) is 9.07. The molecule has 2 N–H and O–H groups in total. The number of hydrogen-bond acceptors (Lipinski definition) is 15. The second-order valence-electron chi connectivity index (χ2n) is 17.2. The molecule has 5 heterocycles. The van der Waals surface area contributed by atoms with Gasteiger partial charge in [0.25, 0.3) is 5.67 Å². The molecular formula is C40H64FN7O9S. The first-order valence-corrected chi connectivity index (χ1v) is 21.3. The molecule has 18 heteroatoms. The third-order valence-electron chi connectivity index (χ3n) is 12.3. The van der Waals surface area contributed by atoms with Gasteiger partial charge in [0, 0.05) is 49.8 Å². The number of aromatic nitrogens is 4. The Kier molecular flexibility index (Phi) is 14.8. The van der Waals surface area contributed by atoms with E-state index in [4.69, 9.17) is 23.7 Å². The zero-order valence-corrected chi connectivity index (χ0v) is 36.7. The van der Waals surface area contributed by atoms with Crippen molar-refractivity contribution in [3.05, 3.63) is 17.8 Å². The van der Waals surface area contributed by atoms with Crippen molar-refractivity contribution < 1.29 is 47.6 Å². The standard InChI is InChI=1S/C40H64FN7O9S/c1-12-29-40(8)31(48(37(52)57-40)17-14-13-16-47-22-27(44-45-47)34-42-15-18-58-34)26(5)43-21-23(2)20-38(6,53-11)33(25(4)32(50)39(7,41)36(51)55-29)56-35-30(49)28(46(9)10)19-24(3)54-35/h15,18,22-26,28-31,33,35,43,49H,12-14,16-17,19-21H2,1-11H3/t23-,24-,25-,26-,28?,29-,30?,31-,33-,35+,38-,39?,40-/m1/s1. The first-order valence-electron chi connectivity index (χ1n) is 20.4. The van der Waals surface area contributed by atoms with E-state index in [1.165, 1.54) is 25.4 Å². The van der Waals surface area contributed by atoms with E-state index in [0.717, 1.165) is 11.9 Å². The number of aliphatic hydroxyl groups excluding tert-OH is 1. The number of ketones is 1. The molecule has 326 valence electrons. The van der Waals surface area contributed by atoms with Gasteiger partial charge >= 0.3 is 12.1 Å². The number of rotatable bonds is 11. The Morgan fingerprint density at radius 1 is 1.12 bits per heavy atom. The highest BCUT2D eigenvalue weighted by Crippen LogP contribution is 2.41. The number of halogens is 1. The molecule has 0 bridgehead atoms. The molecule has 5 rings (SSSR count). The number of aryl methyl sites for hydroxylation is 1. The monoisotopic (exact) mass is 837 g/mol. The summed E-state index contributed by atoms with van der Waals surface area (Å²) in [6.45, 7) is 14.8. The number of methoxy groups -OCH3 is 1. The van der Waals surface area contributed by atoms with Gasteiger partial charge in [-0.25, -0.2) is 19.0 Å². The highest BCUT2D eigenvalue weighted by Gasteiger charge is 2.60. The molecular weight excluding hydrogens is 774 g/mol. The van der Waals surface area contributed by atoms with Crippen LogP contribution in [0.5, 0.6) is 0 Å². The Bertz CT molecular complexity index is 1700. The molecule has 3 fully saturated rings. The minimum atomic E-state index is -3.13. The average Bonchev–Trinajstić information content (AvgIpc) is 3.93. The van der Waals surface area contributed by atoms with Crippen LogP contribution in [0.25, 0.3) is 10.7 Å². The first-order chi connectivity index (χ1) is 27.3. The Hall–Kier alpha value is -3.13. The number of esters is 1. The van der Waals surface area contributed by atoms with Gasteiger partial charge in [0.05, 0.1) is 30.0 Å². The van der Waals surface area contributed by atoms with Gasteiger partial charge < -0.3 is 39.0 Å². The Balaban J connectivity index is 1.41. The lowest BCUT2D eigenvalue weighted by molar-refractivity contribution is -0.295. The third kappa shape index (κ3) is 9.58. The Morgan fingerprint density at radius 2 is 1.83 bits per heavy atom. The number of unbranched alkanes of at least 4 members (excludes halogenated alkanes) is 1. The summed E-state index contributed by atoms with van der Waals surface area (Å²) in [4.78, 5) is 49.8. The number of fused-ring (bicyclic) bond motifs is 1. The number of amides is 1. The van der Waals surface area contributed by atoms with Crippen molar-refractivity contribution in [2.24, 2.45) is 11.8 Å². The normalized spacial score (nSPS) is 38.2. The van der Waals surface area contributed by atoms with Gasteiger partial charge in [-0.2, -0.15) is 0 Å². The number of cyclic esters (lactones) is 1. The van der Waals surface area contributed by atoms with Crippen LogP contribution in [0.2, 0.25) is 0 Å². The SMILES string of the molecule is CC[C@H]1OC(=O)C(C)(F)C(=O)[C@@H](C)[C@@H](O[C@@H]2O[C@H](C)CC(N(C)C)C2O)[C@](C)(OC)C[C@@H](C)CN[C@H](C)[C@H]2N(CCCCn3cc(-c4nccs4)nn3)C(=O)O[C@]12C. The molecule has 0 aliphatic carbocycles. The van der Waals surface area contributed by atoms with E-state index >= 15 is 4.39 Å². The van der Waals surface area contributed by atoms with E-state index in [9.17, 15) is 19.5 Å². The van der Waals surface area contributed by atoms with Crippen molar-refractivity contribution in [1.82, 2.24) is 35.1 Å². The molecule has 16 nitrogen and oxygen atoms in total. The van der Waals surface area contributed by atoms with Crippen LogP contribution in [0.3, 0.4) is 0 Å². The minimum Gasteiger partial charge on any atom is -0.455 e. The largest absolute Gasteiger partial charge is 0.455 e. The summed E-state index contributed by atoms with van der Waals surface area (Å²) in [7, 11) is 5.21. The summed E-state index contributed by atoms with van der Waals surface area (Å²) in [6.07, 6.45) is 0.517. The number of alkyl halides is 1. The average molecular weight is 838 g/mol. The van der Waals surface area contributed by atoms with Gasteiger partial charge in [-0.15, -0.1) is 16.4 Å². The van der Waals surface area contributed by atoms with Gasteiger partial charge in [-0.05, 0) is 93.3 Å². The van der Waals surface area contributed by atoms with Gasteiger partial charge in [0.2, 0.25) is 0 Å².